The highest BCUT2D eigenvalue weighted by atomic mass is 32.2. The SMILES string of the molecule is CC(C)(C)C1=CSC2C=CSC12.CC(C)(C)C1CC2=C(CCN2)CO1.CC(C)(C)C1CC2=NCCC2CO1.CC(C)(C)C1CCC2CC2C1.CC(C)(C)C1CCC2CCC2C1.CC(C)(C)C1CCC2CCCCC2CC1.CC(C)(C)C1CCCC2CC2C1.CC(C)(C)C1CCCC2CCCC2C1. The first-order chi connectivity index (χ1) is 47.6. The van der Waals surface area contributed by atoms with Crippen LogP contribution in [-0.2, 0) is 9.47 Å². The van der Waals surface area contributed by atoms with E-state index in [9.17, 15) is 0 Å². The number of aliphatic imine (C=N–C) groups is 1. The lowest BCUT2D eigenvalue weighted by Gasteiger charge is -2.47. The Hall–Kier alpha value is -0.690. The highest BCUT2D eigenvalue weighted by Crippen LogP contribution is 2.57. The van der Waals surface area contributed by atoms with E-state index >= 15 is 0 Å². The number of rotatable bonds is 0. The van der Waals surface area contributed by atoms with E-state index in [0.717, 1.165) is 138 Å². The second-order valence-corrected chi connectivity index (χ2v) is 48.1. The molecule has 0 aromatic rings. The fourth-order valence-electron chi connectivity index (χ4n) is 21.8. The Kier molecular flexibility index (Phi) is 30.3. The summed E-state index contributed by atoms with van der Waals surface area (Å²) < 4.78 is 11.7. The topological polar surface area (TPSA) is 42.8 Å². The van der Waals surface area contributed by atoms with E-state index in [0.29, 0.717) is 50.6 Å². The molecule has 0 aromatic heterocycles. The molecule has 102 heavy (non-hydrogen) atoms. The van der Waals surface area contributed by atoms with Crippen LogP contribution < -0.4 is 5.32 Å². The van der Waals surface area contributed by atoms with Crippen molar-refractivity contribution in [2.75, 3.05) is 26.3 Å². The molecule has 0 amide bonds. The summed E-state index contributed by atoms with van der Waals surface area (Å²) >= 11 is 3.96. The van der Waals surface area contributed by atoms with Crippen LogP contribution in [0.4, 0.5) is 0 Å². The predicted molar refractivity (Wildman–Crippen MR) is 451 cm³/mol. The quantitative estimate of drug-likeness (QED) is 0.262. The first-order valence-electron chi connectivity index (χ1n) is 44.5. The average Bonchev–Trinajstić information content (AvgIpc) is 1.29. The maximum absolute atomic E-state index is 5.88. The molecule has 1 saturated heterocycles. The number of hydrogen-bond donors (Lipinski definition) is 1. The molecule has 19 unspecified atom stereocenters. The molecule has 16 aliphatic rings. The first kappa shape index (κ1) is 85.3. The molecule has 10 aliphatic carbocycles. The van der Waals surface area contributed by atoms with Crippen LogP contribution in [0, 0.1) is 138 Å². The van der Waals surface area contributed by atoms with E-state index in [-0.39, 0.29) is 10.8 Å². The fourth-order valence-corrected chi connectivity index (χ4v) is 24.9. The molecular weight excluding hydrogens is 1280 g/mol. The van der Waals surface area contributed by atoms with Gasteiger partial charge >= 0.3 is 0 Å². The van der Waals surface area contributed by atoms with Crippen LogP contribution in [0.1, 0.15) is 378 Å². The smallest absolute Gasteiger partial charge is 0.0701 e. The summed E-state index contributed by atoms with van der Waals surface area (Å²) in [6.07, 6.45) is 51.9. The zero-order chi connectivity index (χ0) is 74.4. The van der Waals surface area contributed by atoms with E-state index in [1.54, 1.807) is 44.1 Å². The maximum atomic E-state index is 5.88. The zero-order valence-electron chi connectivity index (χ0n) is 72.0. The second kappa shape index (κ2) is 36.2. The van der Waals surface area contributed by atoms with Crippen LogP contribution in [0.15, 0.2) is 38.7 Å². The van der Waals surface area contributed by atoms with Gasteiger partial charge in [0, 0.05) is 53.8 Å². The predicted octanol–water partition coefficient (Wildman–Crippen LogP) is 28.9. The van der Waals surface area contributed by atoms with E-state index < -0.39 is 0 Å². The average molecular weight is 1450 g/mol. The van der Waals surface area contributed by atoms with Gasteiger partial charge in [-0.15, -0.1) is 23.5 Å². The third-order valence-electron chi connectivity index (χ3n) is 30.3. The van der Waals surface area contributed by atoms with Gasteiger partial charge < -0.3 is 14.8 Å². The molecule has 11 fully saturated rings. The summed E-state index contributed by atoms with van der Waals surface area (Å²) in [5.74, 6) is 17.0. The van der Waals surface area contributed by atoms with Crippen molar-refractivity contribution in [2.24, 2.45) is 143 Å². The summed E-state index contributed by atoms with van der Waals surface area (Å²) in [7, 11) is 0. The molecule has 16 rings (SSSR count). The lowest BCUT2D eigenvalue weighted by molar-refractivity contribution is -0.0336. The van der Waals surface area contributed by atoms with Gasteiger partial charge in [-0.25, -0.2) is 0 Å². The summed E-state index contributed by atoms with van der Waals surface area (Å²) in [5, 5.41) is 9.54. The van der Waals surface area contributed by atoms with Gasteiger partial charge in [-0.2, -0.15) is 0 Å². The molecule has 0 bridgehead atoms. The number of fused-ring (bicyclic) bond motifs is 7. The van der Waals surface area contributed by atoms with E-state index in [1.165, 1.54) is 178 Å². The van der Waals surface area contributed by atoms with Crippen molar-refractivity contribution in [3.8, 4) is 0 Å². The van der Waals surface area contributed by atoms with Crippen LogP contribution in [0.5, 0.6) is 0 Å². The van der Waals surface area contributed by atoms with Crippen molar-refractivity contribution >= 4 is 29.2 Å². The Morgan fingerprint density at radius 3 is 1.27 bits per heavy atom. The Labute approximate surface area is 643 Å². The summed E-state index contributed by atoms with van der Waals surface area (Å²) in [5.41, 5.74) is 9.70. The summed E-state index contributed by atoms with van der Waals surface area (Å²) in [4.78, 5) is 4.56. The normalized spacial score (nSPS) is 37.5. The third-order valence-corrected chi connectivity index (χ3v) is 32.8. The fraction of sp³-hybridized carbons (Fsp3) is 0.927. The number of nitrogens with one attached hydrogen (secondary N) is 1. The third kappa shape index (κ3) is 25.4. The molecule has 10 saturated carbocycles. The molecular formula is C96H170N2O2S2. The van der Waals surface area contributed by atoms with Crippen molar-refractivity contribution < 1.29 is 9.47 Å². The van der Waals surface area contributed by atoms with Gasteiger partial charge in [0.05, 0.1) is 25.4 Å². The van der Waals surface area contributed by atoms with E-state index in [4.69, 9.17) is 9.47 Å². The van der Waals surface area contributed by atoms with Gasteiger partial charge in [0.15, 0.2) is 0 Å². The van der Waals surface area contributed by atoms with Crippen molar-refractivity contribution in [2.45, 2.75) is 401 Å². The zero-order valence-corrected chi connectivity index (χ0v) is 73.7. The number of thioether (sulfide) groups is 2. The van der Waals surface area contributed by atoms with Crippen molar-refractivity contribution in [3.63, 3.8) is 0 Å². The molecule has 6 heterocycles. The minimum atomic E-state index is 0.260. The van der Waals surface area contributed by atoms with Gasteiger partial charge in [-0.05, 0) is 282 Å². The Bertz CT molecular complexity index is 2650. The number of ether oxygens (including phenoxy) is 2. The molecule has 4 nitrogen and oxygen atoms in total. The number of hydrogen-bond acceptors (Lipinski definition) is 6. The van der Waals surface area contributed by atoms with Crippen LogP contribution >= 0.6 is 23.5 Å². The van der Waals surface area contributed by atoms with Crippen molar-refractivity contribution in [1.82, 2.24) is 5.32 Å². The van der Waals surface area contributed by atoms with Crippen LogP contribution in [0.2, 0.25) is 0 Å². The minimum Gasteiger partial charge on any atom is -0.388 e. The highest BCUT2D eigenvalue weighted by molar-refractivity contribution is 8.08. The molecule has 0 aromatic carbocycles. The summed E-state index contributed by atoms with van der Waals surface area (Å²) in [6, 6.07) is 0. The molecule has 19 atom stereocenters. The Balaban J connectivity index is 0.000000136. The Morgan fingerprint density at radius 2 is 0.784 bits per heavy atom. The lowest BCUT2D eigenvalue weighted by atomic mass is 9.58. The van der Waals surface area contributed by atoms with Crippen LogP contribution in [-0.4, -0.2) is 54.7 Å². The van der Waals surface area contributed by atoms with Gasteiger partial charge in [-0.1, -0.05) is 243 Å². The largest absolute Gasteiger partial charge is 0.388 e. The van der Waals surface area contributed by atoms with Gasteiger partial charge in [0.1, 0.15) is 0 Å². The highest BCUT2D eigenvalue weighted by Gasteiger charge is 2.47. The molecule has 6 heteroatoms. The molecule has 0 radical (unpaired) electrons. The van der Waals surface area contributed by atoms with Crippen LogP contribution in [0.3, 0.4) is 0 Å². The molecule has 588 valence electrons. The Morgan fingerprint density at radius 1 is 0.382 bits per heavy atom. The van der Waals surface area contributed by atoms with Gasteiger partial charge in [0.2, 0.25) is 0 Å². The number of nitrogens with zero attached hydrogens (tertiary/aromatic N) is 1. The van der Waals surface area contributed by atoms with E-state index in [2.05, 4.69) is 193 Å². The van der Waals surface area contributed by atoms with Crippen molar-refractivity contribution in [1.29, 1.82) is 0 Å². The van der Waals surface area contributed by atoms with Gasteiger partial charge in [-0.3, -0.25) is 4.99 Å². The monoisotopic (exact) mass is 1450 g/mol. The van der Waals surface area contributed by atoms with E-state index in [1.807, 2.05) is 23.5 Å². The van der Waals surface area contributed by atoms with Crippen LogP contribution in [0.25, 0.3) is 0 Å². The standard InChI is InChI=1S/C15H28.C14H26.2C12H22.2C11H19NO.C11H20.C10H14S2/c1-15(2,3)14-10-8-12-6-4-5-7-13(12)9-11-14;1-14(2,3)13-9-5-7-11-6-4-8-12(11)10-13;1-12(2,3)11-7-6-9-4-5-10(9)8-11;1-12(2,3)11-6-4-5-9-7-10(9)8-11;2*1-11(2,3)10-6-9-8(7-13-10)4-5-12-9;1-11(2,3)10-5-4-8-6-9(8)7-10;1-10(2,3)7-6-12-8-4-5-11-9(7)8/h12-14H,4-11H2,1-3H3;11-13H,4-10H2,1-3H3;2*9-11H,4-8H2,1-3H3;10,12H,4-7H2,1-3H3;8,10H,4-7H2,1-3H3;8-10H,4-7H2,1-3H3;4-6,8-9H,1-3H3. The van der Waals surface area contributed by atoms with Gasteiger partial charge in [0.25, 0.3) is 0 Å². The first-order valence-corrected chi connectivity index (χ1v) is 46.4. The molecule has 6 aliphatic heterocycles. The molecule has 1 N–H and O–H groups in total. The van der Waals surface area contributed by atoms with Crippen molar-refractivity contribution in [3.05, 3.63) is 33.7 Å². The molecule has 0 spiro atoms. The maximum Gasteiger partial charge on any atom is 0.0701 e. The lowest BCUT2D eigenvalue weighted by Crippen LogP contribution is -2.39. The summed E-state index contributed by atoms with van der Waals surface area (Å²) in [6.45, 7) is 60.6. The minimum absolute atomic E-state index is 0.260. The second-order valence-electron chi connectivity index (χ2n) is 46.0.